The molecule has 2 aromatic rings. The molecule has 0 unspecified atom stereocenters. The van der Waals surface area contributed by atoms with Crippen LogP contribution in [0.3, 0.4) is 0 Å². The van der Waals surface area contributed by atoms with Crippen molar-refractivity contribution >= 4 is 27.1 Å². The van der Waals surface area contributed by atoms with Gasteiger partial charge in [-0.2, -0.15) is 0 Å². The van der Waals surface area contributed by atoms with E-state index in [-0.39, 0.29) is 23.5 Å². The standard InChI is InChI=1S/C17H20N2O5S2/c1-10-15(16(20)19-12-6-7-26(21,22)9-12)25-17(18-10)11-4-5-13(23-2)14(8-11)24-3/h4-5,8,12H,6-7,9H2,1-3H3,(H,19,20)/t12-/m1/s1. The predicted molar refractivity (Wildman–Crippen MR) is 99.9 cm³/mol. The number of nitrogens with one attached hydrogen (secondary N) is 1. The lowest BCUT2D eigenvalue weighted by atomic mass is 10.2. The molecule has 3 rings (SSSR count). The number of aromatic nitrogens is 1. The fourth-order valence-electron chi connectivity index (χ4n) is 2.86. The zero-order valence-electron chi connectivity index (χ0n) is 14.7. The quantitative estimate of drug-likeness (QED) is 0.831. The highest BCUT2D eigenvalue weighted by molar-refractivity contribution is 7.91. The zero-order chi connectivity index (χ0) is 18.9. The number of amides is 1. The summed E-state index contributed by atoms with van der Waals surface area (Å²) in [6.07, 6.45) is 0.453. The van der Waals surface area contributed by atoms with Crippen molar-refractivity contribution in [3.8, 4) is 22.1 Å². The van der Waals surface area contributed by atoms with Gasteiger partial charge in [0, 0.05) is 11.6 Å². The van der Waals surface area contributed by atoms with Gasteiger partial charge >= 0.3 is 0 Å². The minimum Gasteiger partial charge on any atom is -0.493 e. The molecule has 140 valence electrons. The molecule has 0 radical (unpaired) electrons. The van der Waals surface area contributed by atoms with Gasteiger partial charge in [-0.15, -0.1) is 11.3 Å². The van der Waals surface area contributed by atoms with Gasteiger partial charge in [0.05, 0.1) is 31.4 Å². The first-order chi connectivity index (χ1) is 12.3. The van der Waals surface area contributed by atoms with Crippen molar-refractivity contribution in [3.63, 3.8) is 0 Å². The summed E-state index contributed by atoms with van der Waals surface area (Å²) in [5.74, 6) is 1.04. The summed E-state index contributed by atoms with van der Waals surface area (Å²) in [6.45, 7) is 1.76. The first kappa shape index (κ1) is 18.7. The first-order valence-electron chi connectivity index (χ1n) is 8.04. The maximum atomic E-state index is 12.5. The number of ether oxygens (including phenoxy) is 2. The molecular weight excluding hydrogens is 376 g/mol. The normalized spacial score (nSPS) is 18.5. The summed E-state index contributed by atoms with van der Waals surface area (Å²) in [4.78, 5) is 17.5. The Morgan fingerprint density at radius 2 is 2.00 bits per heavy atom. The Bertz CT molecular complexity index is 937. The van der Waals surface area contributed by atoms with Crippen LogP contribution in [0.2, 0.25) is 0 Å². The van der Waals surface area contributed by atoms with Crippen LogP contribution in [0.4, 0.5) is 0 Å². The number of sulfone groups is 1. The fraction of sp³-hybridized carbons (Fsp3) is 0.412. The van der Waals surface area contributed by atoms with E-state index >= 15 is 0 Å². The SMILES string of the molecule is COc1ccc(-c2nc(C)c(C(=O)N[C@@H]3CCS(=O)(=O)C3)s2)cc1OC. The van der Waals surface area contributed by atoms with Crippen molar-refractivity contribution in [1.29, 1.82) is 0 Å². The average Bonchev–Trinajstić information content (AvgIpc) is 3.16. The van der Waals surface area contributed by atoms with Crippen molar-refractivity contribution < 1.29 is 22.7 Å². The molecule has 1 fully saturated rings. The van der Waals surface area contributed by atoms with Gasteiger partial charge in [0.15, 0.2) is 21.3 Å². The predicted octanol–water partition coefficient (Wildman–Crippen LogP) is 2.05. The Kier molecular flexibility index (Phi) is 5.19. The number of aryl methyl sites for hydroxylation is 1. The number of nitrogens with zero attached hydrogens (tertiary/aromatic N) is 1. The van der Waals surface area contributed by atoms with Crippen LogP contribution in [0.25, 0.3) is 10.6 Å². The van der Waals surface area contributed by atoms with Crippen LogP contribution in [0.5, 0.6) is 11.5 Å². The molecule has 0 saturated carbocycles. The molecule has 1 N–H and O–H groups in total. The Labute approximate surface area is 156 Å². The minimum atomic E-state index is -3.04. The van der Waals surface area contributed by atoms with Crippen molar-refractivity contribution in [3.05, 3.63) is 28.8 Å². The van der Waals surface area contributed by atoms with E-state index < -0.39 is 9.84 Å². The Morgan fingerprint density at radius 3 is 2.62 bits per heavy atom. The molecule has 1 aromatic heterocycles. The van der Waals surface area contributed by atoms with Gasteiger partial charge in [0.1, 0.15) is 9.88 Å². The molecule has 0 bridgehead atoms. The summed E-state index contributed by atoms with van der Waals surface area (Å²) < 4.78 is 33.6. The van der Waals surface area contributed by atoms with E-state index in [1.165, 1.54) is 11.3 Å². The monoisotopic (exact) mass is 396 g/mol. The van der Waals surface area contributed by atoms with Gasteiger partial charge in [-0.25, -0.2) is 13.4 Å². The van der Waals surface area contributed by atoms with E-state index in [0.717, 1.165) is 5.56 Å². The van der Waals surface area contributed by atoms with Gasteiger partial charge in [-0.3, -0.25) is 4.79 Å². The Hall–Kier alpha value is -2.13. The summed E-state index contributed by atoms with van der Waals surface area (Å²) in [6, 6.07) is 5.11. The lowest BCUT2D eigenvalue weighted by Crippen LogP contribution is -2.35. The smallest absolute Gasteiger partial charge is 0.263 e. The van der Waals surface area contributed by atoms with Crippen LogP contribution in [0.1, 0.15) is 21.8 Å². The maximum absolute atomic E-state index is 12.5. The lowest BCUT2D eigenvalue weighted by molar-refractivity contribution is 0.0944. The van der Waals surface area contributed by atoms with E-state index in [4.69, 9.17) is 9.47 Å². The minimum absolute atomic E-state index is 0.000866. The largest absolute Gasteiger partial charge is 0.493 e. The molecule has 1 saturated heterocycles. The number of hydrogen-bond acceptors (Lipinski definition) is 7. The highest BCUT2D eigenvalue weighted by Gasteiger charge is 2.30. The zero-order valence-corrected chi connectivity index (χ0v) is 16.4. The fourth-order valence-corrected chi connectivity index (χ4v) is 5.50. The van der Waals surface area contributed by atoms with Crippen molar-refractivity contribution in [2.24, 2.45) is 0 Å². The summed E-state index contributed by atoms with van der Waals surface area (Å²) in [7, 11) is 0.0868. The Morgan fingerprint density at radius 1 is 1.27 bits per heavy atom. The van der Waals surface area contributed by atoms with Crippen molar-refractivity contribution in [2.45, 2.75) is 19.4 Å². The number of methoxy groups -OCH3 is 2. The van der Waals surface area contributed by atoms with Crippen LogP contribution >= 0.6 is 11.3 Å². The van der Waals surface area contributed by atoms with Crippen molar-refractivity contribution in [1.82, 2.24) is 10.3 Å². The Balaban J connectivity index is 1.82. The third-order valence-electron chi connectivity index (χ3n) is 4.20. The third-order valence-corrected chi connectivity index (χ3v) is 7.17. The third kappa shape index (κ3) is 3.83. The van der Waals surface area contributed by atoms with Crippen LogP contribution in [0.15, 0.2) is 18.2 Å². The summed E-state index contributed by atoms with van der Waals surface area (Å²) in [5.41, 5.74) is 1.43. The number of carbonyl (C=O) groups is 1. The number of thiazole rings is 1. The molecule has 9 heteroatoms. The molecule has 26 heavy (non-hydrogen) atoms. The highest BCUT2D eigenvalue weighted by Crippen LogP contribution is 2.35. The van der Waals surface area contributed by atoms with Crippen molar-refractivity contribution in [2.75, 3.05) is 25.7 Å². The number of rotatable bonds is 5. The number of carbonyl (C=O) groups excluding carboxylic acids is 1. The summed E-state index contributed by atoms with van der Waals surface area (Å²) in [5, 5.41) is 3.49. The second-order valence-corrected chi connectivity index (χ2v) is 9.30. The van der Waals surface area contributed by atoms with E-state index in [1.54, 1.807) is 27.2 Å². The van der Waals surface area contributed by atoms with E-state index in [0.29, 0.717) is 33.5 Å². The molecule has 1 amide bonds. The van der Waals surface area contributed by atoms with Crippen LogP contribution < -0.4 is 14.8 Å². The molecule has 1 atom stereocenters. The second-order valence-electron chi connectivity index (χ2n) is 6.08. The molecular formula is C17H20N2O5S2. The van der Waals surface area contributed by atoms with Gasteiger partial charge in [0.2, 0.25) is 0 Å². The van der Waals surface area contributed by atoms with Gasteiger partial charge < -0.3 is 14.8 Å². The number of hydrogen-bond donors (Lipinski definition) is 1. The maximum Gasteiger partial charge on any atom is 0.263 e. The molecule has 1 aliphatic rings. The summed E-state index contributed by atoms with van der Waals surface area (Å²) >= 11 is 1.27. The second kappa shape index (κ2) is 7.24. The van der Waals surface area contributed by atoms with Gasteiger partial charge in [-0.05, 0) is 31.5 Å². The molecule has 1 aliphatic heterocycles. The molecule has 2 heterocycles. The molecule has 1 aromatic carbocycles. The van der Waals surface area contributed by atoms with Crippen LogP contribution in [-0.4, -0.2) is 51.1 Å². The molecule has 0 aliphatic carbocycles. The van der Waals surface area contributed by atoms with Crippen LogP contribution in [0, 0.1) is 6.92 Å². The molecule has 7 nitrogen and oxygen atoms in total. The topological polar surface area (TPSA) is 94.6 Å². The van der Waals surface area contributed by atoms with E-state index in [2.05, 4.69) is 10.3 Å². The molecule has 0 spiro atoms. The highest BCUT2D eigenvalue weighted by atomic mass is 32.2. The van der Waals surface area contributed by atoms with E-state index in [1.807, 2.05) is 12.1 Å². The lowest BCUT2D eigenvalue weighted by Gasteiger charge is -2.09. The first-order valence-corrected chi connectivity index (χ1v) is 10.7. The average molecular weight is 396 g/mol. The van der Waals surface area contributed by atoms with Gasteiger partial charge in [0.25, 0.3) is 5.91 Å². The van der Waals surface area contributed by atoms with Crippen LogP contribution in [-0.2, 0) is 9.84 Å². The van der Waals surface area contributed by atoms with Gasteiger partial charge in [-0.1, -0.05) is 0 Å². The van der Waals surface area contributed by atoms with E-state index in [9.17, 15) is 13.2 Å². The number of benzene rings is 1.